The van der Waals surface area contributed by atoms with Crippen molar-refractivity contribution in [3.8, 4) is 11.1 Å². The molecule has 0 aliphatic rings. The minimum atomic E-state index is -0.257. The summed E-state index contributed by atoms with van der Waals surface area (Å²) >= 11 is 0. The van der Waals surface area contributed by atoms with Crippen molar-refractivity contribution in [2.75, 3.05) is 16.8 Å². The van der Waals surface area contributed by atoms with Crippen molar-refractivity contribution in [2.24, 2.45) is 0 Å². The predicted molar refractivity (Wildman–Crippen MR) is 103 cm³/mol. The normalized spacial score (nSPS) is 10.3. The van der Waals surface area contributed by atoms with Crippen LogP contribution in [0.2, 0.25) is 0 Å². The largest absolute Gasteiger partial charge is 0.383 e. The Balaban J connectivity index is 1.64. The lowest BCUT2D eigenvalue weighted by molar-refractivity contribution is 0.251. The van der Waals surface area contributed by atoms with Crippen molar-refractivity contribution in [1.29, 1.82) is 0 Å². The van der Waals surface area contributed by atoms with Gasteiger partial charge < -0.3 is 22.1 Å². The van der Waals surface area contributed by atoms with Crippen molar-refractivity contribution < 1.29 is 4.79 Å². The van der Waals surface area contributed by atoms with E-state index >= 15 is 0 Å². The smallest absolute Gasteiger partial charge is 0.319 e. The molecule has 0 bridgehead atoms. The number of nitrogens with two attached hydrogens (primary N) is 2. The van der Waals surface area contributed by atoms with E-state index in [9.17, 15) is 4.79 Å². The summed E-state index contributed by atoms with van der Waals surface area (Å²) in [5.74, 6) is 0.511. The monoisotopic (exact) mass is 348 g/mol. The van der Waals surface area contributed by atoms with E-state index < -0.39 is 0 Å². The van der Waals surface area contributed by atoms with Crippen LogP contribution >= 0.6 is 0 Å². The summed E-state index contributed by atoms with van der Waals surface area (Å²) in [6.45, 7) is 2.25. The lowest BCUT2D eigenvalue weighted by atomic mass is 10.0. The molecule has 6 N–H and O–H groups in total. The minimum Gasteiger partial charge on any atom is -0.383 e. The predicted octanol–water partition coefficient (Wildman–Crippen LogP) is 2.94. The van der Waals surface area contributed by atoms with Crippen LogP contribution in [0.1, 0.15) is 11.3 Å². The zero-order valence-electron chi connectivity index (χ0n) is 14.4. The van der Waals surface area contributed by atoms with Gasteiger partial charge in [0.25, 0.3) is 0 Å². The molecule has 2 aromatic carbocycles. The molecule has 2 amide bonds. The second kappa shape index (κ2) is 7.52. The summed E-state index contributed by atoms with van der Waals surface area (Å²) < 4.78 is 0. The summed E-state index contributed by atoms with van der Waals surface area (Å²) in [5.41, 5.74) is 15.7. The second-order valence-electron chi connectivity index (χ2n) is 5.80. The number of aromatic nitrogens is 2. The third-order valence-electron chi connectivity index (χ3n) is 3.86. The summed E-state index contributed by atoms with van der Waals surface area (Å²) in [4.78, 5) is 20.1. The van der Waals surface area contributed by atoms with E-state index in [-0.39, 0.29) is 12.0 Å². The van der Waals surface area contributed by atoms with Gasteiger partial charge in [0.05, 0.1) is 5.69 Å². The van der Waals surface area contributed by atoms with Crippen LogP contribution in [0.3, 0.4) is 0 Å². The van der Waals surface area contributed by atoms with E-state index in [0.29, 0.717) is 12.4 Å². The van der Waals surface area contributed by atoms with Gasteiger partial charge in [0.2, 0.25) is 5.95 Å². The summed E-state index contributed by atoms with van der Waals surface area (Å²) in [6, 6.07) is 16.7. The molecule has 0 spiro atoms. The third-order valence-corrected chi connectivity index (χ3v) is 3.86. The van der Waals surface area contributed by atoms with Crippen molar-refractivity contribution >= 4 is 23.5 Å². The van der Waals surface area contributed by atoms with Crippen molar-refractivity contribution in [2.45, 2.75) is 13.5 Å². The molecule has 132 valence electrons. The number of para-hydroxylation sites is 1. The highest BCUT2D eigenvalue weighted by molar-refractivity contribution is 5.89. The number of hydrogen-bond donors (Lipinski definition) is 4. The average Bonchev–Trinajstić information content (AvgIpc) is 2.61. The maximum atomic E-state index is 11.9. The van der Waals surface area contributed by atoms with Gasteiger partial charge >= 0.3 is 6.03 Å². The zero-order valence-corrected chi connectivity index (χ0v) is 14.4. The minimum absolute atomic E-state index is 0.161. The van der Waals surface area contributed by atoms with Gasteiger partial charge in [-0.05, 0) is 30.2 Å². The number of rotatable bonds is 4. The highest BCUT2D eigenvalue weighted by Gasteiger charge is 2.10. The Labute approximate surface area is 151 Å². The van der Waals surface area contributed by atoms with Crippen LogP contribution < -0.4 is 22.1 Å². The van der Waals surface area contributed by atoms with E-state index in [1.165, 1.54) is 0 Å². The Kier molecular flexibility index (Phi) is 4.98. The van der Waals surface area contributed by atoms with Gasteiger partial charge in [0, 0.05) is 17.8 Å². The molecular formula is C19H20N6O. The highest BCUT2D eigenvalue weighted by atomic mass is 16.2. The first kappa shape index (κ1) is 17.2. The van der Waals surface area contributed by atoms with Crippen molar-refractivity contribution in [1.82, 2.24) is 15.3 Å². The SMILES string of the molecule is Cc1nc(N)nc(N)c1-c1ccc(CNC(=O)Nc2ccccc2)cc1. The molecule has 1 heterocycles. The van der Waals surface area contributed by atoms with Crippen LogP contribution in [0.5, 0.6) is 0 Å². The fourth-order valence-corrected chi connectivity index (χ4v) is 2.64. The molecule has 0 saturated carbocycles. The Morgan fingerprint density at radius 1 is 1.00 bits per heavy atom. The van der Waals surface area contributed by atoms with E-state index in [4.69, 9.17) is 11.5 Å². The van der Waals surface area contributed by atoms with Crippen molar-refractivity contribution in [3.05, 3.63) is 65.9 Å². The molecule has 1 aromatic heterocycles. The Hall–Kier alpha value is -3.61. The Morgan fingerprint density at radius 3 is 2.35 bits per heavy atom. The molecule has 0 unspecified atom stereocenters. The number of hydrogen-bond acceptors (Lipinski definition) is 5. The number of benzene rings is 2. The molecule has 3 rings (SSSR count). The fraction of sp³-hybridized carbons (Fsp3) is 0.105. The van der Waals surface area contributed by atoms with Gasteiger partial charge in [-0.1, -0.05) is 42.5 Å². The van der Waals surface area contributed by atoms with Crippen LogP contribution in [-0.2, 0) is 6.54 Å². The third kappa shape index (κ3) is 4.07. The molecule has 0 fully saturated rings. The fourth-order valence-electron chi connectivity index (χ4n) is 2.64. The van der Waals surface area contributed by atoms with E-state index in [1.807, 2.05) is 61.5 Å². The molecule has 7 heteroatoms. The first-order valence-corrected chi connectivity index (χ1v) is 8.12. The number of carbonyl (C=O) groups excluding carboxylic acids is 1. The number of amides is 2. The van der Waals surface area contributed by atoms with Gasteiger partial charge in [0.1, 0.15) is 5.82 Å². The van der Waals surface area contributed by atoms with Gasteiger partial charge in [-0.3, -0.25) is 0 Å². The molecule has 0 atom stereocenters. The maximum absolute atomic E-state index is 11.9. The lowest BCUT2D eigenvalue weighted by Gasteiger charge is -2.11. The number of urea groups is 1. The molecule has 0 saturated heterocycles. The van der Waals surface area contributed by atoms with Gasteiger partial charge in [0.15, 0.2) is 0 Å². The maximum Gasteiger partial charge on any atom is 0.319 e. The number of nitrogens with one attached hydrogen (secondary N) is 2. The number of aryl methyl sites for hydroxylation is 1. The Morgan fingerprint density at radius 2 is 1.69 bits per heavy atom. The van der Waals surface area contributed by atoms with Crippen LogP contribution in [0, 0.1) is 6.92 Å². The van der Waals surface area contributed by atoms with E-state index in [1.54, 1.807) is 0 Å². The highest BCUT2D eigenvalue weighted by Crippen LogP contribution is 2.27. The molecular weight excluding hydrogens is 328 g/mol. The molecule has 3 aromatic rings. The molecule has 0 aliphatic heterocycles. The van der Waals surface area contributed by atoms with Crippen LogP contribution in [0.25, 0.3) is 11.1 Å². The van der Waals surface area contributed by atoms with E-state index in [2.05, 4.69) is 20.6 Å². The average molecular weight is 348 g/mol. The van der Waals surface area contributed by atoms with E-state index in [0.717, 1.165) is 28.1 Å². The zero-order chi connectivity index (χ0) is 18.5. The van der Waals surface area contributed by atoms with Gasteiger partial charge in [-0.2, -0.15) is 4.98 Å². The molecule has 26 heavy (non-hydrogen) atoms. The van der Waals surface area contributed by atoms with Gasteiger partial charge in [-0.25, -0.2) is 9.78 Å². The second-order valence-corrected chi connectivity index (χ2v) is 5.80. The lowest BCUT2D eigenvalue weighted by Crippen LogP contribution is -2.28. The summed E-state index contributed by atoms with van der Waals surface area (Å²) in [5, 5.41) is 5.60. The number of carbonyl (C=O) groups is 1. The molecule has 0 radical (unpaired) electrons. The van der Waals surface area contributed by atoms with Crippen LogP contribution in [0.4, 0.5) is 22.2 Å². The van der Waals surface area contributed by atoms with Crippen molar-refractivity contribution in [3.63, 3.8) is 0 Å². The topological polar surface area (TPSA) is 119 Å². The molecule has 7 nitrogen and oxygen atoms in total. The van der Waals surface area contributed by atoms with Gasteiger partial charge in [-0.15, -0.1) is 0 Å². The summed E-state index contributed by atoms with van der Waals surface area (Å²) in [7, 11) is 0. The number of nitrogen functional groups attached to an aromatic ring is 2. The Bertz CT molecular complexity index is 886. The van der Waals surface area contributed by atoms with Crippen LogP contribution in [-0.4, -0.2) is 16.0 Å². The summed E-state index contributed by atoms with van der Waals surface area (Å²) in [6.07, 6.45) is 0. The standard InChI is InChI=1S/C19H20N6O/c1-12-16(17(20)25-18(21)23-12)14-9-7-13(8-10-14)11-22-19(26)24-15-5-3-2-4-6-15/h2-10H,11H2,1H3,(H2,22,24,26)(H4,20,21,23,25). The quantitative estimate of drug-likeness (QED) is 0.578. The number of anilines is 3. The first-order valence-electron chi connectivity index (χ1n) is 8.12. The molecule has 0 aliphatic carbocycles. The first-order chi connectivity index (χ1) is 12.5. The number of nitrogens with zero attached hydrogens (tertiary/aromatic N) is 2. The van der Waals surface area contributed by atoms with Crippen LogP contribution in [0.15, 0.2) is 54.6 Å².